The number of rotatable bonds is 0. The van der Waals surface area contributed by atoms with Crippen molar-refractivity contribution < 1.29 is 17.1 Å². The summed E-state index contributed by atoms with van der Waals surface area (Å²) >= 11 is 0. The van der Waals surface area contributed by atoms with Gasteiger partial charge in [-0.3, -0.25) is 0 Å². The van der Waals surface area contributed by atoms with Crippen molar-refractivity contribution in [3.8, 4) is 6.57 Å². The molecule has 0 fully saturated rings. The molecule has 0 aliphatic rings. The number of nitriles is 1. The van der Waals surface area contributed by atoms with E-state index in [0.29, 0.717) is 0 Å². The van der Waals surface area contributed by atoms with Gasteiger partial charge in [-0.2, -0.15) is 0 Å². The molecule has 0 saturated carbocycles. The van der Waals surface area contributed by atoms with Gasteiger partial charge < -0.3 is 0 Å². The second kappa shape index (κ2) is 195. The summed E-state index contributed by atoms with van der Waals surface area (Å²) in [7, 11) is 0. The third-order valence-corrected chi connectivity index (χ3v) is 0. The van der Waals surface area contributed by atoms with Crippen molar-refractivity contribution >= 4 is 12.4 Å². The Balaban J connectivity index is -0.00000000500. The van der Waals surface area contributed by atoms with Gasteiger partial charge in [-0.15, -0.1) is 12.4 Å². The molecule has 0 aromatic heterocycles. The molecule has 0 heterocycles. The molecular weight excluding hydrogens is 125 g/mol. The maximum atomic E-state index is 6.50. The van der Waals surface area contributed by atoms with Crippen LogP contribution in [0.25, 0.3) is 0 Å². The molecule has 0 bridgehead atoms. The largest absolute Gasteiger partial charge is 0.202 e. The van der Waals surface area contributed by atoms with Crippen molar-refractivity contribution in [2.45, 2.75) is 0 Å². The zero-order valence-corrected chi connectivity index (χ0v) is 3.49. The molecule has 0 saturated heterocycles. The Hall–Kier alpha value is 0.299. The molecule has 0 rings (SSSR count). The van der Waals surface area contributed by atoms with E-state index in [2.05, 4.69) is 6.57 Å². The Bertz CT molecular complexity index is 12.8. The van der Waals surface area contributed by atoms with Crippen LogP contribution in [0.15, 0.2) is 0 Å². The predicted molar refractivity (Wildman–Crippen MR) is 13.9 cm³/mol. The van der Waals surface area contributed by atoms with E-state index >= 15 is 0 Å². The minimum absolute atomic E-state index is 0. The van der Waals surface area contributed by atoms with E-state index in [1.165, 1.54) is 0 Å². The fraction of sp³-hybridized carbons (Fsp3) is 0. The third kappa shape index (κ3) is 43.3. The standard InChI is InChI=1S/CHN.ClH.Cu/c1-2;;/h1H;1H;. The molecular formula is CH2ClCuN. The summed E-state index contributed by atoms with van der Waals surface area (Å²) < 4.78 is 0. The van der Waals surface area contributed by atoms with Gasteiger partial charge in [0.2, 0.25) is 0 Å². The topological polar surface area (TPSA) is 23.8 Å². The van der Waals surface area contributed by atoms with Crippen LogP contribution in [0.2, 0.25) is 0 Å². The van der Waals surface area contributed by atoms with Gasteiger partial charge in [0.25, 0.3) is 0 Å². The van der Waals surface area contributed by atoms with Gasteiger partial charge in [-0.1, -0.05) is 0 Å². The summed E-state index contributed by atoms with van der Waals surface area (Å²) in [4.78, 5) is 0. The van der Waals surface area contributed by atoms with Crippen LogP contribution in [-0.4, -0.2) is 0 Å². The van der Waals surface area contributed by atoms with Crippen LogP contribution in [-0.2, 0) is 17.1 Å². The maximum Gasteiger partial charge on any atom is 0.0462 e. The van der Waals surface area contributed by atoms with Crippen molar-refractivity contribution in [1.82, 2.24) is 0 Å². The summed E-state index contributed by atoms with van der Waals surface area (Å²) in [5, 5.41) is 6.50. The summed E-state index contributed by atoms with van der Waals surface area (Å²) in [6.45, 7) is 3.50. The molecule has 0 aromatic rings. The minimum Gasteiger partial charge on any atom is -0.202 e. The number of halogens is 1. The first-order valence-electron chi connectivity index (χ1n) is 0.258. The Labute approximate surface area is 41.9 Å². The second-order valence-electron chi connectivity index (χ2n) is 0. The maximum absolute atomic E-state index is 6.50. The average molecular weight is 127 g/mol. The van der Waals surface area contributed by atoms with Crippen LogP contribution in [0.4, 0.5) is 0 Å². The molecule has 0 amide bonds. The van der Waals surface area contributed by atoms with Crippen molar-refractivity contribution in [3.05, 3.63) is 0 Å². The van der Waals surface area contributed by atoms with Crippen molar-refractivity contribution in [1.29, 1.82) is 5.26 Å². The summed E-state index contributed by atoms with van der Waals surface area (Å²) in [6, 6.07) is 0. The molecule has 0 aliphatic heterocycles. The van der Waals surface area contributed by atoms with E-state index in [1.807, 2.05) is 0 Å². The monoisotopic (exact) mass is 126 g/mol. The molecule has 0 unspecified atom stereocenters. The first kappa shape index (κ1) is 27.7. The van der Waals surface area contributed by atoms with Crippen molar-refractivity contribution in [2.24, 2.45) is 0 Å². The number of hydrogen-bond donors (Lipinski definition) is 0. The first-order valence-corrected chi connectivity index (χ1v) is 0.258. The third-order valence-electron chi connectivity index (χ3n) is 0. The fourth-order valence-electron chi connectivity index (χ4n) is 0. The van der Waals surface area contributed by atoms with E-state index in [0.717, 1.165) is 0 Å². The quantitative estimate of drug-likeness (QED) is 0.436. The molecule has 0 spiro atoms. The van der Waals surface area contributed by atoms with Crippen molar-refractivity contribution in [2.75, 3.05) is 0 Å². The van der Waals surface area contributed by atoms with E-state index in [-0.39, 0.29) is 29.5 Å². The SMILES string of the molecule is C#N.Cl.[Cu]. The van der Waals surface area contributed by atoms with Crippen LogP contribution in [0.3, 0.4) is 0 Å². The van der Waals surface area contributed by atoms with E-state index in [4.69, 9.17) is 5.26 Å². The van der Waals surface area contributed by atoms with Crippen molar-refractivity contribution in [3.63, 3.8) is 0 Å². The molecule has 0 atom stereocenters. The molecule has 0 aromatic carbocycles. The van der Waals surface area contributed by atoms with Gasteiger partial charge >= 0.3 is 0 Å². The van der Waals surface area contributed by atoms with Crippen LogP contribution in [0.1, 0.15) is 0 Å². The van der Waals surface area contributed by atoms with Crippen LogP contribution in [0.5, 0.6) is 0 Å². The van der Waals surface area contributed by atoms with Gasteiger partial charge in [0, 0.05) is 23.6 Å². The van der Waals surface area contributed by atoms with Crippen LogP contribution in [0, 0.1) is 11.8 Å². The number of hydrogen-bond acceptors (Lipinski definition) is 1. The molecule has 0 N–H and O–H groups in total. The number of nitrogens with zero attached hydrogens (tertiary/aromatic N) is 1. The minimum atomic E-state index is 0. The Kier molecular flexibility index (Phi) is 1350. The molecule has 1 nitrogen and oxygen atoms in total. The summed E-state index contributed by atoms with van der Waals surface area (Å²) in [6.07, 6.45) is 0. The molecule has 4 heavy (non-hydrogen) atoms. The summed E-state index contributed by atoms with van der Waals surface area (Å²) in [5.74, 6) is 0. The molecule has 29 valence electrons. The smallest absolute Gasteiger partial charge is 0.0462 e. The zero-order chi connectivity index (χ0) is 2.00. The van der Waals surface area contributed by atoms with E-state index < -0.39 is 0 Å². The van der Waals surface area contributed by atoms with Crippen LogP contribution >= 0.6 is 12.4 Å². The first-order chi connectivity index (χ1) is 1.00. The average Bonchev–Trinajstić information content (AvgIpc) is 1.00. The Morgan fingerprint density at radius 1 is 1.25 bits per heavy atom. The predicted octanol–water partition coefficient (Wildman–Crippen LogP) is 0.559. The van der Waals surface area contributed by atoms with Gasteiger partial charge in [-0.25, -0.2) is 5.26 Å². The van der Waals surface area contributed by atoms with E-state index in [1.54, 1.807) is 0 Å². The second-order valence-corrected chi connectivity index (χ2v) is 0. The van der Waals surface area contributed by atoms with Gasteiger partial charge in [-0.05, 0) is 0 Å². The van der Waals surface area contributed by atoms with Gasteiger partial charge in [0.05, 0.1) is 0 Å². The Morgan fingerprint density at radius 3 is 1.25 bits per heavy atom. The zero-order valence-electron chi connectivity index (χ0n) is 1.73. The fourth-order valence-corrected chi connectivity index (χ4v) is 0. The molecule has 1 radical (unpaired) electrons. The Morgan fingerprint density at radius 2 is 1.25 bits per heavy atom. The summed E-state index contributed by atoms with van der Waals surface area (Å²) in [5.41, 5.74) is 0. The van der Waals surface area contributed by atoms with Gasteiger partial charge in [0.1, 0.15) is 0 Å². The van der Waals surface area contributed by atoms with Crippen LogP contribution < -0.4 is 0 Å². The molecule has 0 aliphatic carbocycles. The van der Waals surface area contributed by atoms with Gasteiger partial charge in [0.15, 0.2) is 0 Å². The molecule has 3 heteroatoms. The normalized spacial score (nSPS) is 0.500. The van der Waals surface area contributed by atoms with E-state index in [9.17, 15) is 0 Å².